The van der Waals surface area contributed by atoms with Crippen LogP contribution >= 0.6 is 11.6 Å². The second-order valence-electron chi connectivity index (χ2n) is 5.81. The summed E-state index contributed by atoms with van der Waals surface area (Å²) in [5.74, 6) is -1.55. The lowest BCUT2D eigenvalue weighted by molar-refractivity contribution is -0.145. The fourth-order valence-electron chi connectivity index (χ4n) is 2.34. The molecule has 1 unspecified atom stereocenters. The molecule has 2 rings (SSSR count). The Morgan fingerprint density at radius 1 is 1.28 bits per heavy atom. The van der Waals surface area contributed by atoms with Crippen molar-refractivity contribution >= 4 is 17.5 Å². The predicted molar refractivity (Wildman–Crippen MR) is 84.9 cm³/mol. The van der Waals surface area contributed by atoms with E-state index in [-0.39, 0.29) is 5.02 Å². The maximum Gasteiger partial charge on any atom is 0.433 e. The minimum absolute atomic E-state index is 0.137. The van der Waals surface area contributed by atoms with Gasteiger partial charge in [-0.25, -0.2) is 4.39 Å². The summed E-state index contributed by atoms with van der Waals surface area (Å²) in [6.45, 7) is 4.63. The molecule has 0 bridgehead atoms. The molecular formula is C16H16ClF4N3O. The van der Waals surface area contributed by atoms with Gasteiger partial charge in [0.1, 0.15) is 5.82 Å². The zero-order valence-corrected chi connectivity index (χ0v) is 14.4. The summed E-state index contributed by atoms with van der Waals surface area (Å²) in [5, 5.41) is 5.99. The van der Waals surface area contributed by atoms with E-state index in [0.717, 1.165) is 16.9 Å². The Hall–Kier alpha value is -2.09. The average Bonchev–Trinajstić information content (AvgIpc) is 2.95. The average molecular weight is 378 g/mol. The van der Waals surface area contributed by atoms with Gasteiger partial charge in [0.2, 0.25) is 0 Å². The summed E-state index contributed by atoms with van der Waals surface area (Å²) < 4.78 is 53.9. The zero-order valence-electron chi connectivity index (χ0n) is 13.7. The van der Waals surface area contributed by atoms with E-state index in [4.69, 9.17) is 11.6 Å². The van der Waals surface area contributed by atoms with Gasteiger partial charge in [-0.2, -0.15) is 18.3 Å². The highest BCUT2D eigenvalue weighted by Gasteiger charge is 2.40. The summed E-state index contributed by atoms with van der Waals surface area (Å²) in [6, 6.07) is 2.59. The van der Waals surface area contributed by atoms with E-state index in [0.29, 0.717) is 5.56 Å². The lowest BCUT2D eigenvalue weighted by Crippen LogP contribution is -2.29. The number of rotatable bonds is 4. The van der Waals surface area contributed by atoms with Crippen LogP contribution in [0.1, 0.15) is 54.5 Å². The summed E-state index contributed by atoms with van der Waals surface area (Å²) in [4.78, 5) is 12.3. The standard InChI is InChI=1S/C16H16ClF4N3O/c1-8(2)24-14(16(19,20)21)11(7-22-24)15(25)23-9(3)10-4-5-13(18)12(17)6-10/h4-9H,1-3H3,(H,23,25). The van der Waals surface area contributed by atoms with Crippen molar-refractivity contribution in [1.82, 2.24) is 15.1 Å². The van der Waals surface area contributed by atoms with Crippen LogP contribution in [-0.4, -0.2) is 15.7 Å². The molecule has 4 nitrogen and oxygen atoms in total. The van der Waals surface area contributed by atoms with Gasteiger partial charge in [-0.05, 0) is 38.5 Å². The molecule has 9 heteroatoms. The Morgan fingerprint density at radius 3 is 2.44 bits per heavy atom. The fourth-order valence-corrected chi connectivity index (χ4v) is 2.53. The Kier molecular flexibility index (Phi) is 5.41. The van der Waals surface area contributed by atoms with Crippen LogP contribution in [0.2, 0.25) is 5.02 Å². The molecule has 0 aliphatic heterocycles. The molecule has 1 amide bonds. The largest absolute Gasteiger partial charge is 0.433 e. The van der Waals surface area contributed by atoms with E-state index < -0.39 is 41.2 Å². The highest BCUT2D eigenvalue weighted by atomic mass is 35.5. The Morgan fingerprint density at radius 2 is 1.92 bits per heavy atom. The summed E-state index contributed by atoms with van der Waals surface area (Å²) in [7, 11) is 0. The fraction of sp³-hybridized carbons (Fsp3) is 0.375. The summed E-state index contributed by atoms with van der Waals surface area (Å²) in [6.07, 6.45) is -3.83. The number of hydrogen-bond donors (Lipinski definition) is 1. The van der Waals surface area contributed by atoms with Gasteiger partial charge in [-0.1, -0.05) is 17.7 Å². The number of carbonyl (C=O) groups excluding carboxylic acids is 1. The van der Waals surface area contributed by atoms with Crippen molar-refractivity contribution in [1.29, 1.82) is 0 Å². The highest BCUT2D eigenvalue weighted by Crippen LogP contribution is 2.33. The molecule has 0 spiro atoms. The molecule has 0 saturated heterocycles. The molecule has 1 atom stereocenters. The Labute approximate surface area is 146 Å². The molecule has 136 valence electrons. The van der Waals surface area contributed by atoms with Crippen LogP contribution in [-0.2, 0) is 6.18 Å². The number of aromatic nitrogens is 2. The monoisotopic (exact) mass is 377 g/mol. The third kappa shape index (κ3) is 4.12. The van der Waals surface area contributed by atoms with Gasteiger partial charge in [0.25, 0.3) is 5.91 Å². The van der Waals surface area contributed by atoms with Gasteiger partial charge < -0.3 is 5.32 Å². The first kappa shape index (κ1) is 19.2. The maximum absolute atomic E-state index is 13.3. The second-order valence-corrected chi connectivity index (χ2v) is 6.22. The van der Waals surface area contributed by atoms with E-state index >= 15 is 0 Å². The van der Waals surface area contributed by atoms with Crippen LogP contribution in [0.15, 0.2) is 24.4 Å². The lowest BCUT2D eigenvalue weighted by atomic mass is 10.1. The van der Waals surface area contributed by atoms with Crippen LogP contribution in [0.25, 0.3) is 0 Å². The molecule has 0 aliphatic rings. The van der Waals surface area contributed by atoms with E-state index in [1.807, 2.05) is 0 Å². The quantitative estimate of drug-likeness (QED) is 0.780. The van der Waals surface area contributed by atoms with Crippen LogP contribution < -0.4 is 5.32 Å². The molecule has 0 saturated carbocycles. The number of carbonyl (C=O) groups is 1. The minimum Gasteiger partial charge on any atom is -0.345 e. The number of nitrogens with zero attached hydrogens (tertiary/aromatic N) is 2. The lowest BCUT2D eigenvalue weighted by Gasteiger charge is -2.17. The first-order chi connectivity index (χ1) is 11.5. The third-order valence-electron chi connectivity index (χ3n) is 3.59. The first-order valence-corrected chi connectivity index (χ1v) is 7.80. The Bertz CT molecular complexity index is 786. The number of amides is 1. The van der Waals surface area contributed by atoms with Crippen LogP contribution in [0.5, 0.6) is 0 Å². The molecule has 0 fully saturated rings. The van der Waals surface area contributed by atoms with Crippen LogP contribution in [0.4, 0.5) is 17.6 Å². The topological polar surface area (TPSA) is 46.9 Å². The summed E-state index contributed by atoms with van der Waals surface area (Å²) in [5.41, 5.74) is -1.21. The van der Waals surface area contributed by atoms with Gasteiger partial charge in [-0.15, -0.1) is 0 Å². The number of alkyl halides is 3. The Balaban J connectivity index is 2.30. The van der Waals surface area contributed by atoms with Crippen molar-refractivity contribution < 1.29 is 22.4 Å². The molecule has 0 aliphatic carbocycles. The highest BCUT2D eigenvalue weighted by molar-refractivity contribution is 6.30. The first-order valence-electron chi connectivity index (χ1n) is 7.43. The van der Waals surface area contributed by atoms with Gasteiger partial charge in [0.05, 0.1) is 22.8 Å². The SMILES string of the molecule is CC(NC(=O)c1cnn(C(C)C)c1C(F)(F)F)c1ccc(F)c(Cl)c1. The van der Waals surface area contributed by atoms with Crippen LogP contribution in [0, 0.1) is 5.82 Å². The molecule has 1 aromatic heterocycles. The van der Waals surface area contributed by atoms with E-state index in [2.05, 4.69) is 10.4 Å². The molecule has 1 N–H and O–H groups in total. The molecule has 0 radical (unpaired) electrons. The number of nitrogens with one attached hydrogen (secondary N) is 1. The number of benzene rings is 1. The van der Waals surface area contributed by atoms with Crippen molar-refractivity contribution in [3.05, 3.63) is 52.1 Å². The van der Waals surface area contributed by atoms with Gasteiger partial charge in [0, 0.05) is 6.04 Å². The molecule has 1 aromatic carbocycles. The molecule has 2 aromatic rings. The third-order valence-corrected chi connectivity index (χ3v) is 3.88. The number of halogens is 5. The van der Waals surface area contributed by atoms with Crippen LogP contribution in [0.3, 0.4) is 0 Å². The zero-order chi connectivity index (χ0) is 18.9. The van der Waals surface area contributed by atoms with E-state index in [9.17, 15) is 22.4 Å². The van der Waals surface area contributed by atoms with E-state index in [1.165, 1.54) is 26.0 Å². The summed E-state index contributed by atoms with van der Waals surface area (Å²) >= 11 is 5.68. The number of hydrogen-bond acceptors (Lipinski definition) is 2. The molecule has 25 heavy (non-hydrogen) atoms. The predicted octanol–water partition coefficient (Wildman–Crippen LogP) is 4.77. The maximum atomic E-state index is 13.3. The van der Waals surface area contributed by atoms with Gasteiger partial charge >= 0.3 is 6.18 Å². The van der Waals surface area contributed by atoms with Crippen molar-refractivity contribution in [2.24, 2.45) is 0 Å². The van der Waals surface area contributed by atoms with Crippen molar-refractivity contribution in [2.45, 2.75) is 39.0 Å². The van der Waals surface area contributed by atoms with Gasteiger partial charge in [-0.3, -0.25) is 9.48 Å². The minimum atomic E-state index is -4.73. The van der Waals surface area contributed by atoms with Crippen molar-refractivity contribution in [3.63, 3.8) is 0 Å². The second kappa shape index (κ2) is 7.03. The molecular weight excluding hydrogens is 362 g/mol. The smallest absolute Gasteiger partial charge is 0.345 e. The van der Waals surface area contributed by atoms with Crippen molar-refractivity contribution in [2.75, 3.05) is 0 Å². The van der Waals surface area contributed by atoms with Crippen molar-refractivity contribution in [3.8, 4) is 0 Å². The van der Waals surface area contributed by atoms with E-state index in [1.54, 1.807) is 6.92 Å². The normalized spacial score (nSPS) is 13.2. The van der Waals surface area contributed by atoms with Gasteiger partial charge in [0.15, 0.2) is 5.69 Å². The molecule has 1 heterocycles.